The molecule has 0 aromatic heterocycles. The largest absolute Gasteiger partial charge is 0.326 e. The third-order valence-electron chi connectivity index (χ3n) is 4.28. The van der Waals surface area contributed by atoms with E-state index in [9.17, 15) is 9.59 Å². The highest BCUT2D eigenvalue weighted by Gasteiger charge is 2.18. The summed E-state index contributed by atoms with van der Waals surface area (Å²) in [4.78, 5) is 26.4. The maximum absolute atomic E-state index is 12.5. The monoisotopic (exact) mass is 352 g/mol. The smallest absolute Gasteiger partial charge is 0.236 e. The molecule has 0 aliphatic rings. The van der Waals surface area contributed by atoms with Crippen molar-refractivity contribution in [1.82, 2.24) is 0 Å². The van der Waals surface area contributed by atoms with Crippen LogP contribution in [0, 0.1) is 6.92 Å². The Balaban J connectivity index is 2.01. The molecule has 26 heavy (non-hydrogen) atoms. The third-order valence-corrected chi connectivity index (χ3v) is 4.28. The number of carbonyl (C=O) groups is 2. The molecule has 0 saturated carbocycles. The molecule has 0 radical (unpaired) electrons. The van der Waals surface area contributed by atoms with E-state index in [1.165, 1.54) is 5.56 Å². The van der Waals surface area contributed by atoms with Gasteiger partial charge >= 0.3 is 0 Å². The highest BCUT2D eigenvalue weighted by atomic mass is 16.2. The zero-order valence-electron chi connectivity index (χ0n) is 16.3. The van der Waals surface area contributed by atoms with E-state index in [1.807, 2.05) is 62.4 Å². The molecule has 2 aromatic rings. The summed E-state index contributed by atoms with van der Waals surface area (Å²) in [6.45, 7) is 10.8. The van der Waals surface area contributed by atoms with Crippen LogP contribution in [-0.4, -0.2) is 18.4 Å². The van der Waals surface area contributed by atoms with Crippen molar-refractivity contribution in [3.63, 3.8) is 0 Å². The van der Waals surface area contributed by atoms with E-state index in [-0.39, 0.29) is 23.7 Å². The van der Waals surface area contributed by atoms with Gasteiger partial charge < -0.3 is 10.2 Å². The van der Waals surface area contributed by atoms with Crippen molar-refractivity contribution >= 4 is 23.2 Å². The summed E-state index contributed by atoms with van der Waals surface area (Å²) in [6.07, 6.45) is -0.178. The molecule has 0 atom stereocenters. The molecule has 4 heteroatoms. The average molecular weight is 352 g/mol. The molecule has 2 rings (SSSR count). The fourth-order valence-corrected chi connectivity index (χ4v) is 2.79. The molecule has 0 spiro atoms. The van der Waals surface area contributed by atoms with Crippen molar-refractivity contribution < 1.29 is 9.59 Å². The molecular formula is C22H28N2O2. The Labute approximate surface area is 156 Å². The molecule has 138 valence electrons. The lowest BCUT2D eigenvalue weighted by Crippen LogP contribution is -2.33. The number of amides is 2. The summed E-state index contributed by atoms with van der Waals surface area (Å²) in [7, 11) is 0. The second kappa shape index (κ2) is 8.17. The van der Waals surface area contributed by atoms with Gasteiger partial charge in [0.2, 0.25) is 11.8 Å². The van der Waals surface area contributed by atoms with E-state index in [0.717, 1.165) is 11.3 Å². The van der Waals surface area contributed by atoms with Crippen LogP contribution in [0.15, 0.2) is 48.5 Å². The lowest BCUT2D eigenvalue weighted by Gasteiger charge is -2.21. The number of nitrogens with one attached hydrogen (secondary N) is 1. The standard InChI is InChI=1S/C22H28N2O2/c1-6-24(19-9-7-8-16(2)14-19)21(26)15-20(25)23-18-12-10-17(11-13-18)22(3,4)5/h7-14H,6,15H2,1-5H3,(H,23,25). The van der Waals surface area contributed by atoms with Crippen molar-refractivity contribution in [2.75, 3.05) is 16.8 Å². The first-order valence-corrected chi connectivity index (χ1v) is 8.98. The lowest BCUT2D eigenvalue weighted by molar-refractivity contribution is -0.125. The van der Waals surface area contributed by atoms with Crippen molar-refractivity contribution in [2.45, 2.75) is 46.5 Å². The van der Waals surface area contributed by atoms with Crippen LogP contribution in [0.3, 0.4) is 0 Å². The Morgan fingerprint density at radius 2 is 1.69 bits per heavy atom. The third kappa shape index (κ3) is 5.19. The van der Waals surface area contributed by atoms with Crippen LogP contribution in [0.5, 0.6) is 0 Å². The normalized spacial score (nSPS) is 11.1. The van der Waals surface area contributed by atoms with Gasteiger partial charge in [-0.05, 0) is 54.7 Å². The number of hydrogen-bond donors (Lipinski definition) is 1. The molecule has 0 bridgehead atoms. The quantitative estimate of drug-likeness (QED) is 0.795. The molecule has 0 saturated heterocycles. The van der Waals surface area contributed by atoms with Crippen molar-refractivity contribution in [3.05, 3.63) is 59.7 Å². The number of benzene rings is 2. The number of aryl methyl sites for hydroxylation is 1. The zero-order valence-corrected chi connectivity index (χ0v) is 16.3. The molecular weight excluding hydrogens is 324 g/mol. The van der Waals surface area contributed by atoms with Crippen LogP contribution in [-0.2, 0) is 15.0 Å². The maximum atomic E-state index is 12.5. The Kier molecular flexibility index (Phi) is 6.19. The van der Waals surface area contributed by atoms with E-state index < -0.39 is 0 Å². The Bertz CT molecular complexity index is 773. The second-order valence-electron chi connectivity index (χ2n) is 7.53. The van der Waals surface area contributed by atoms with Crippen molar-refractivity contribution in [3.8, 4) is 0 Å². The first kappa shape index (κ1) is 19.7. The van der Waals surface area contributed by atoms with Gasteiger partial charge in [0.1, 0.15) is 6.42 Å². The van der Waals surface area contributed by atoms with Crippen molar-refractivity contribution in [1.29, 1.82) is 0 Å². The molecule has 0 heterocycles. The van der Waals surface area contributed by atoms with Crippen LogP contribution in [0.25, 0.3) is 0 Å². The van der Waals surface area contributed by atoms with Gasteiger partial charge in [-0.15, -0.1) is 0 Å². The van der Waals surface area contributed by atoms with Crippen LogP contribution >= 0.6 is 0 Å². The molecule has 1 N–H and O–H groups in total. The molecule has 0 unspecified atom stereocenters. The zero-order chi connectivity index (χ0) is 19.3. The van der Waals surface area contributed by atoms with Crippen LogP contribution in [0.1, 0.15) is 45.2 Å². The lowest BCUT2D eigenvalue weighted by atomic mass is 9.87. The van der Waals surface area contributed by atoms with Gasteiger partial charge in [0.15, 0.2) is 0 Å². The van der Waals surface area contributed by atoms with Crippen molar-refractivity contribution in [2.24, 2.45) is 0 Å². The summed E-state index contributed by atoms with van der Waals surface area (Å²) >= 11 is 0. The van der Waals surface area contributed by atoms with E-state index in [0.29, 0.717) is 12.2 Å². The van der Waals surface area contributed by atoms with Gasteiger partial charge in [-0.2, -0.15) is 0 Å². The van der Waals surface area contributed by atoms with Gasteiger partial charge in [0.05, 0.1) is 0 Å². The molecule has 2 amide bonds. The highest BCUT2D eigenvalue weighted by molar-refractivity contribution is 6.09. The van der Waals surface area contributed by atoms with E-state index >= 15 is 0 Å². The summed E-state index contributed by atoms with van der Waals surface area (Å²) < 4.78 is 0. The SMILES string of the molecule is CCN(C(=O)CC(=O)Nc1ccc(C(C)(C)C)cc1)c1cccc(C)c1. The molecule has 0 fully saturated rings. The fourth-order valence-electron chi connectivity index (χ4n) is 2.79. The number of anilines is 2. The van der Waals surface area contributed by atoms with Gasteiger partial charge in [-0.1, -0.05) is 45.0 Å². The van der Waals surface area contributed by atoms with E-state index in [1.54, 1.807) is 4.90 Å². The molecule has 0 aliphatic carbocycles. The van der Waals surface area contributed by atoms with Crippen LogP contribution in [0.4, 0.5) is 11.4 Å². The minimum absolute atomic E-state index is 0.0634. The number of nitrogens with zero attached hydrogens (tertiary/aromatic N) is 1. The van der Waals surface area contributed by atoms with E-state index in [2.05, 4.69) is 26.1 Å². The second-order valence-corrected chi connectivity index (χ2v) is 7.53. The predicted molar refractivity (Wildman–Crippen MR) is 108 cm³/mol. The Morgan fingerprint density at radius 3 is 2.23 bits per heavy atom. The predicted octanol–water partition coefficient (Wildman–Crippen LogP) is 4.67. The number of rotatable bonds is 5. The van der Waals surface area contributed by atoms with E-state index in [4.69, 9.17) is 0 Å². The molecule has 4 nitrogen and oxygen atoms in total. The summed E-state index contributed by atoms with van der Waals surface area (Å²) in [5.74, 6) is -0.508. The van der Waals surface area contributed by atoms with Gasteiger partial charge in [0.25, 0.3) is 0 Å². The Morgan fingerprint density at radius 1 is 1.04 bits per heavy atom. The topological polar surface area (TPSA) is 49.4 Å². The fraction of sp³-hybridized carbons (Fsp3) is 0.364. The minimum atomic E-state index is -0.301. The summed E-state index contributed by atoms with van der Waals surface area (Å²) in [5, 5.41) is 2.81. The minimum Gasteiger partial charge on any atom is -0.326 e. The highest BCUT2D eigenvalue weighted by Crippen LogP contribution is 2.23. The maximum Gasteiger partial charge on any atom is 0.236 e. The summed E-state index contributed by atoms with van der Waals surface area (Å²) in [6, 6.07) is 15.5. The van der Waals surface area contributed by atoms with Gasteiger partial charge in [-0.25, -0.2) is 0 Å². The molecule has 0 aliphatic heterocycles. The number of carbonyl (C=O) groups excluding carboxylic acids is 2. The first-order chi connectivity index (χ1) is 12.2. The first-order valence-electron chi connectivity index (χ1n) is 8.98. The average Bonchev–Trinajstić information content (AvgIpc) is 2.55. The summed E-state index contributed by atoms with van der Waals surface area (Å²) in [5.41, 5.74) is 3.86. The van der Waals surface area contributed by atoms with Gasteiger partial charge in [0, 0.05) is 17.9 Å². The van der Waals surface area contributed by atoms with Crippen LogP contribution in [0.2, 0.25) is 0 Å². The Hall–Kier alpha value is -2.62. The van der Waals surface area contributed by atoms with Gasteiger partial charge in [-0.3, -0.25) is 9.59 Å². The molecule has 2 aromatic carbocycles. The van der Waals surface area contributed by atoms with Crippen LogP contribution < -0.4 is 10.2 Å². The number of hydrogen-bond acceptors (Lipinski definition) is 2.